The molecule has 2 N–H and O–H groups in total. The number of rotatable bonds is 4. The molecule has 0 bridgehead atoms. The van der Waals surface area contributed by atoms with Crippen molar-refractivity contribution in [1.29, 1.82) is 0 Å². The zero-order valence-electron chi connectivity index (χ0n) is 16.9. The Hall–Kier alpha value is -3.19. The number of aromatic nitrogens is 4. The van der Waals surface area contributed by atoms with Gasteiger partial charge in [-0.2, -0.15) is 4.98 Å². The normalized spacial score (nSPS) is 14.3. The van der Waals surface area contributed by atoms with Crippen LogP contribution in [0.3, 0.4) is 0 Å². The quantitative estimate of drug-likeness (QED) is 0.492. The molecule has 4 aromatic rings. The van der Waals surface area contributed by atoms with Crippen LogP contribution in [0.4, 0.5) is 16.2 Å². The van der Waals surface area contributed by atoms with Crippen molar-refractivity contribution < 1.29 is 4.39 Å². The van der Waals surface area contributed by atoms with Gasteiger partial charge in [-0.3, -0.25) is 0 Å². The fourth-order valence-corrected chi connectivity index (χ4v) is 4.19. The number of benzene rings is 2. The van der Waals surface area contributed by atoms with Crippen molar-refractivity contribution in [2.75, 3.05) is 23.7 Å². The molecule has 2 aromatic carbocycles. The maximum atomic E-state index is 13.8. The summed E-state index contributed by atoms with van der Waals surface area (Å²) in [6, 6.07) is 14.6. The number of hydrogen-bond donors (Lipinski definition) is 1. The lowest BCUT2D eigenvalue weighted by Gasteiger charge is -2.26. The summed E-state index contributed by atoms with van der Waals surface area (Å²) in [5, 5.41) is 5.39. The lowest BCUT2D eigenvalue weighted by molar-refractivity contribution is 0.569. The van der Waals surface area contributed by atoms with Gasteiger partial charge in [-0.15, -0.1) is 5.10 Å². The van der Waals surface area contributed by atoms with Gasteiger partial charge >= 0.3 is 0 Å². The highest BCUT2D eigenvalue weighted by Gasteiger charge is 2.22. The van der Waals surface area contributed by atoms with Crippen LogP contribution in [0.25, 0.3) is 22.3 Å². The SMILES string of the molecule is Nc1c2c(-c3ccc(F)c(Cl)c3)nc(N3CCCCC3)nc2nn1Cc1ccccc1. The third-order valence-electron chi connectivity index (χ3n) is 5.63. The number of fused-ring (bicyclic) bond motifs is 1. The van der Waals surface area contributed by atoms with Crippen molar-refractivity contribution in [1.82, 2.24) is 19.7 Å². The second-order valence-electron chi connectivity index (χ2n) is 7.78. The molecule has 0 aliphatic carbocycles. The van der Waals surface area contributed by atoms with Gasteiger partial charge in [0.15, 0.2) is 5.65 Å². The van der Waals surface area contributed by atoms with Crippen LogP contribution >= 0.6 is 11.6 Å². The molecule has 5 rings (SSSR count). The van der Waals surface area contributed by atoms with Crippen molar-refractivity contribution in [2.45, 2.75) is 25.8 Å². The van der Waals surface area contributed by atoms with E-state index in [-0.39, 0.29) is 5.02 Å². The monoisotopic (exact) mass is 436 g/mol. The van der Waals surface area contributed by atoms with Crippen LogP contribution in [0.1, 0.15) is 24.8 Å². The highest BCUT2D eigenvalue weighted by Crippen LogP contribution is 2.34. The van der Waals surface area contributed by atoms with Gasteiger partial charge < -0.3 is 10.6 Å². The first kappa shape index (κ1) is 19.8. The number of nitrogens with two attached hydrogens (primary N) is 1. The van der Waals surface area contributed by atoms with Crippen LogP contribution in [0.2, 0.25) is 5.02 Å². The molecule has 0 amide bonds. The fourth-order valence-electron chi connectivity index (χ4n) is 4.01. The third-order valence-corrected chi connectivity index (χ3v) is 5.92. The van der Waals surface area contributed by atoms with E-state index >= 15 is 0 Å². The van der Waals surface area contributed by atoms with Crippen LogP contribution in [-0.4, -0.2) is 32.8 Å². The van der Waals surface area contributed by atoms with E-state index in [0.717, 1.165) is 31.5 Å². The van der Waals surface area contributed by atoms with Gasteiger partial charge in [0, 0.05) is 18.7 Å². The third kappa shape index (κ3) is 3.81. The van der Waals surface area contributed by atoms with Gasteiger partial charge in [0.1, 0.15) is 11.6 Å². The van der Waals surface area contributed by atoms with Crippen LogP contribution in [0.5, 0.6) is 0 Å². The molecule has 1 aliphatic rings. The largest absolute Gasteiger partial charge is 0.383 e. The minimum absolute atomic E-state index is 0.0408. The summed E-state index contributed by atoms with van der Waals surface area (Å²) in [6.07, 6.45) is 3.41. The summed E-state index contributed by atoms with van der Waals surface area (Å²) in [5.74, 6) is 0.617. The van der Waals surface area contributed by atoms with Crippen LogP contribution in [0, 0.1) is 5.82 Å². The number of halogens is 2. The highest BCUT2D eigenvalue weighted by atomic mass is 35.5. The Labute approximate surface area is 184 Å². The maximum absolute atomic E-state index is 13.8. The van der Waals surface area contributed by atoms with Gasteiger partial charge in [0.05, 0.1) is 22.6 Å². The molecule has 1 saturated heterocycles. The van der Waals surface area contributed by atoms with Crippen molar-refractivity contribution >= 4 is 34.4 Å². The van der Waals surface area contributed by atoms with Gasteiger partial charge in [-0.1, -0.05) is 41.9 Å². The highest BCUT2D eigenvalue weighted by molar-refractivity contribution is 6.31. The lowest BCUT2D eigenvalue weighted by atomic mass is 10.1. The minimum atomic E-state index is -0.472. The Morgan fingerprint density at radius 1 is 1.00 bits per heavy atom. The molecule has 0 spiro atoms. The van der Waals surface area contributed by atoms with E-state index in [2.05, 4.69) is 4.90 Å². The lowest BCUT2D eigenvalue weighted by Crippen LogP contribution is -2.31. The van der Waals surface area contributed by atoms with E-state index in [0.29, 0.717) is 40.6 Å². The number of anilines is 2. The summed E-state index contributed by atoms with van der Waals surface area (Å²) >= 11 is 6.07. The summed E-state index contributed by atoms with van der Waals surface area (Å²) in [5.41, 5.74) is 9.43. The molecule has 8 heteroatoms. The Morgan fingerprint density at radius 3 is 2.52 bits per heavy atom. The molecular formula is C23H22ClFN6. The van der Waals surface area contributed by atoms with E-state index in [9.17, 15) is 4.39 Å². The molecule has 6 nitrogen and oxygen atoms in total. The topological polar surface area (TPSA) is 72.9 Å². The van der Waals surface area contributed by atoms with Crippen molar-refractivity contribution in [3.8, 4) is 11.3 Å². The Kier molecular flexibility index (Phi) is 5.19. The summed E-state index contributed by atoms with van der Waals surface area (Å²) in [6.45, 7) is 2.32. The molecule has 0 saturated carbocycles. The van der Waals surface area contributed by atoms with Crippen molar-refractivity contribution in [2.24, 2.45) is 0 Å². The van der Waals surface area contributed by atoms with Crippen molar-refractivity contribution in [3.63, 3.8) is 0 Å². The summed E-state index contributed by atoms with van der Waals surface area (Å²) < 4.78 is 15.5. The average Bonchev–Trinajstić information content (AvgIpc) is 3.11. The predicted molar refractivity (Wildman–Crippen MR) is 122 cm³/mol. The Balaban J connectivity index is 1.68. The number of nitrogens with zero attached hydrogens (tertiary/aromatic N) is 5. The molecule has 0 unspecified atom stereocenters. The molecular weight excluding hydrogens is 415 g/mol. The van der Waals surface area contributed by atoms with E-state index in [4.69, 9.17) is 32.4 Å². The minimum Gasteiger partial charge on any atom is -0.383 e. The summed E-state index contributed by atoms with van der Waals surface area (Å²) in [7, 11) is 0. The second kappa shape index (κ2) is 8.15. The maximum Gasteiger partial charge on any atom is 0.228 e. The van der Waals surface area contributed by atoms with Crippen LogP contribution < -0.4 is 10.6 Å². The standard InChI is InChI=1S/C23H22ClFN6/c24-17-13-16(9-10-18(17)25)20-19-21(26)31(14-15-7-3-1-4-8-15)29-22(19)28-23(27-20)30-11-5-2-6-12-30/h1,3-4,7-10,13H,2,5-6,11-12,14,26H2. The average molecular weight is 437 g/mol. The molecule has 31 heavy (non-hydrogen) atoms. The van der Waals surface area contributed by atoms with Gasteiger partial charge in [-0.05, 0) is 43.0 Å². The van der Waals surface area contributed by atoms with Gasteiger partial charge in [0.25, 0.3) is 0 Å². The smallest absolute Gasteiger partial charge is 0.228 e. The molecule has 3 heterocycles. The van der Waals surface area contributed by atoms with E-state index < -0.39 is 5.82 Å². The first-order valence-electron chi connectivity index (χ1n) is 10.4. The fraction of sp³-hybridized carbons (Fsp3) is 0.261. The summed E-state index contributed by atoms with van der Waals surface area (Å²) in [4.78, 5) is 11.8. The second-order valence-corrected chi connectivity index (χ2v) is 8.18. The van der Waals surface area contributed by atoms with Crippen LogP contribution in [-0.2, 0) is 6.54 Å². The van der Waals surface area contributed by atoms with E-state index in [1.807, 2.05) is 30.3 Å². The van der Waals surface area contributed by atoms with Crippen molar-refractivity contribution in [3.05, 3.63) is 64.9 Å². The Bertz CT molecular complexity index is 1230. The van der Waals surface area contributed by atoms with E-state index in [1.54, 1.807) is 16.8 Å². The number of piperidine rings is 1. The zero-order valence-corrected chi connectivity index (χ0v) is 17.7. The molecule has 0 radical (unpaired) electrons. The first-order chi connectivity index (χ1) is 15.1. The molecule has 158 valence electrons. The van der Waals surface area contributed by atoms with E-state index in [1.165, 1.54) is 12.5 Å². The molecule has 1 aliphatic heterocycles. The molecule has 0 atom stereocenters. The van der Waals surface area contributed by atoms with Gasteiger partial charge in [0.2, 0.25) is 5.95 Å². The van der Waals surface area contributed by atoms with Gasteiger partial charge in [-0.25, -0.2) is 14.1 Å². The molecule has 1 fully saturated rings. The molecule has 2 aromatic heterocycles. The number of hydrogen-bond acceptors (Lipinski definition) is 5. The Morgan fingerprint density at radius 2 is 1.77 bits per heavy atom. The predicted octanol–water partition coefficient (Wildman–Crippen LogP) is 4.91. The zero-order chi connectivity index (χ0) is 21.4. The van der Waals surface area contributed by atoms with Crippen LogP contribution in [0.15, 0.2) is 48.5 Å². The number of nitrogen functional groups attached to an aromatic ring is 1. The first-order valence-corrected chi connectivity index (χ1v) is 10.8.